The number of carbonyl (C=O) groups is 1. The molecule has 2 aromatic rings. The molecule has 1 aliphatic heterocycles. The summed E-state index contributed by atoms with van der Waals surface area (Å²) in [5.41, 5.74) is 0.689. The molecule has 0 saturated carbocycles. The largest absolute Gasteiger partial charge is 0.339 e. The van der Waals surface area contributed by atoms with Crippen molar-refractivity contribution in [2.45, 2.75) is 17.1 Å². The van der Waals surface area contributed by atoms with Crippen LogP contribution in [0.15, 0.2) is 53.4 Å². The van der Waals surface area contributed by atoms with Gasteiger partial charge in [0.05, 0.1) is 15.6 Å². The highest BCUT2D eigenvalue weighted by Crippen LogP contribution is 2.33. The number of non-ortho nitro benzene ring substituents is 1. The second kappa shape index (κ2) is 9.99. The lowest BCUT2D eigenvalue weighted by atomic mass is 10.2. The highest BCUT2D eigenvalue weighted by molar-refractivity contribution is 8.00. The zero-order valence-electron chi connectivity index (χ0n) is 16.8. The van der Waals surface area contributed by atoms with E-state index < -0.39 is 14.9 Å². The zero-order chi connectivity index (χ0) is 22.6. The molecule has 11 heteroatoms. The molecule has 1 fully saturated rings. The Labute approximate surface area is 190 Å². The Bertz CT molecular complexity index is 1070. The van der Waals surface area contributed by atoms with Gasteiger partial charge in [-0.1, -0.05) is 35.9 Å². The molecule has 0 aliphatic carbocycles. The third kappa shape index (κ3) is 5.57. The first kappa shape index (κ1) is 23.5. The van der Waals surface area contributed by atoms with Crippen LogP contribution < -0.4 is 0 Å². The van der Waals surface area contributed by atoms with Crippen molar-refractivity contribution in [3.8, 4) is 0 Å². The van der Waals surface area contributed by atoms with Crippen molar-refractivity contribution >= 4 is 45.0 Å². The summed E-state index contributed by atoms with van der Waals surface area (Å²) in [5, 5.41) is 11.6. The lowest BCUT2D eigenvalue weighted by Crippen LogP contribution is -2.51. The van der Waals surface area contributed by atoms with Crippen LogP contribution in [0, 0.1) is 10.1 Å². The van der Waals surface area contributed by atoms with Gasteiger partial charge in [-0.05, 0) is 24.6 Å². The molecular weight excluding hydrogens is 462 g/mol. The van der Waals surface area contributed by atoms with Gasteiger partial charge < -0.3 is 4.90 Å². The number of nitro benzene ring substituents is 1. The summed E-state index contributed by atoms with van der Waals surface area (Å²) in [6.45, 7) is 2.81. The molecule has 1 amide bonds. The number of thioether (sulfide) groups is 1. The van der Waals surface area contributed by atoms with Gasteiger partial charge in [-0.25, -0.2) is 8.42 Å². The molecule has 2 aromatic carbocycles. The molecule has 0 aromatic heterocycles. The summed E-state index contributed by atoms with van der Waals surface area (Å²) in [4.78, 5) is 24.4. The molecule has 0 N–H and O–H groups in total. The summed E-state index contributed by atoms with van der Waals surface area (Å²) < 4.78 is 26.9. The van der Waals surface area contributed by atoms with E-state index in [2.05, 4.69) is 0 Å². The highest BCUT2D eigenvalue weighted by Gasteiger charge is 2.31. The van der Waals surface area contributed by atoms with Crippen molar-refractivity contribution in [3.05, 3.63) is 69.2 Å². The summed E-state index contributed by atoms with van der Waals surface area (Å²) in [7, 11) is -3.86. The fourth-order valence-corrected chi connectivity index (χ4v) is 6.05. The first-order valence-electron chi connectivity index (χ1n) is 9.58. The molecular formula is C20H22ClN3O5S2. The number of rotatable bonds is 7. The van der Waals surface area contributed by atoms with Crippen LogP contribution in [0.3, 0.4) is 0 Å². The maximum Gasteiger partial charge on any atom is 0.270 e. The molecule has 0 bridgehead atoms. The fraction of sp³-hybridized carbons (Fsp3) is 0.350. The predicted molar refractivity (Wildman–Crippen MR) is 121 cm³/mol. The van der Waals surface area contributed by atoms with Gasteiger partial charge in [0.15, 0.2) is 0 Å². The Morgan fingerprint density at radius 2 is 1.84 bits per heavy atom. The summed E-state index contributed by atoms with van der Waals surface area (Å²) in [6, 6.07) is 12.5. The molecule has 166 valence electrons. The van der Waals surface area contributed by atoms with Gasteiger partial charge in [0.2, 0.25) is 15.9 Å². The maximum atomic E-state index is 12.8. The summed E-state index contributed by atoms with van der Waals surface area (Å²) in [6.07, 6.45) is 0. The SMILES string of the molecule is CC(SCC(=O)N1CCN(S(=O)(=O)c2cccc([N+](=O)[O-])c2)CC1)c1ccccc1Cl. The van der Waals surface area contributed by atoms with Crippen molar-refractivity contribution in [2.24, 2.45) is 0 Å². The minimum atomic E-state index is -3.86. The number of nitrogens with zero attached hydrogens (tertiary/aromatic N) is 3. The molecule has 0 spiro atoms. The number of hydrogen-bond donors (Lipinski definition) is 0. The van der Waals surface area contributed by atoms with E-state index in [1.165, 1.54) is 34.3 Å². The number of sulfonamides is 1. The number of benzene rings is 2. The molecule has 8 nitrogen and oxygen atoms in total. The first-order valence-corrected chi connectivity index (χ1v) is 12.4. The van der Waals surface area contributed by atoms with Crippen LogP contribution >= 0.6 is 23.4 Å². The second-order valence-corrected chi connectivity index (χ2v) is 10.7. The van der Waals surface area contributed by atoms with E-state index in [9.17, 15) is 23.3 Å². The van der Waals surface area contributed by atoms with Crippen molar-refractivity contribution in [2.75, 3.05) is 31.9 Å². The minimum absolute atomic E-state index is 0.0492. The van der Waals surface area contributed by atoms with Crippen LogP contribution in [0.4, 0.5) is 5.69 Å². The average molecular weight is 484 g/mol. The standard InChI is InChI=1S/C20H22ClN3O5S2/c1-15(18-7-2-3-8-19(18)21)30-14-20(25)22-9-11-23(12-10-22)31(28,29)17-6-4-5-16(13-17)24(26)27/h2-8,13,15H,9-12,14H2,1H3. The van der Waals surface area contributed by atoms with Gasteiger partial charge in [0, 0.05) is 48.6 Å². The van der Waals surface area contributed by atoms with E-state index in [1.54, 1.807) is 4.90 Å². The number of nitro groups is 1. The van der Waals surface area contributed by atoms with E-state index in [1.807, 2.05) is 31.2 Å². The zero-order valence-corrected chi connectivity index (χ0v) is 19.2. The van der Waals surface area contributed by atoms with E-state index in [0.717, 1.165) is 11.6 Å². The Hall–Kier alpha value is -2.14. The first-order chi connectivity index (χ1) is 14.7. The molecule has 1 atom stereocenters. The van der Waals surface area contributed by atoms with Crippen LogP contribution in [-0.4, -0.2) is 60.4 Å². The number of carbonyl (C=O) groups excluding carboxylic acids is 1. The Balaban J connectivity index is 1.56. The number of halogens is 1. The normalized spacial score (nSPS) is 16.1. The molecule has 31 heavy (non-hydrogen) atoms. The molecule has 1 unspecified atom stereocenters. The number of piperazine rings is 1. The molecule has 3 rings (SSSR count). The van der Waals surface area contributed by atoms with Gasteiger partial charge in [-0.15, -0.1) is 11.8 Å². The topological polar surface area (TPSA) is 101 Å². The van der Waals surface area contributed by atoms with E-state index >= 15 is 0 Å². The van der Waals surface area contributed by atoms with Crippen LogP contribution in [0.5, 0.6) is 0 Å². The lowest BCUT2D eigenvalue weighted by molar-refractivity contribution is -0.385. The smallest absolute Gasteiger partial charge is 0.270 e. The van der Waals surface area contributed by atoms with Gasteiger partial charge in [0.1, 0.15) is 0 Å². The van der Waals surface area contributed by atoms with Crippen LogP contribution in [0.2, 0.25) is 5.02 Å². The summed E-state index contributed by atoms with van der Waals surface area (Å²) in [5.74, 6) is 0.209. The number of amides is 1. The van der Waals surface area contributed by atoms with Crippen LogP contribution in [0.25, 0.3) is 0 Å². The van der Waals surface area contributed by atoms with Crippen LogP contribution in [-0.2, 0) is 14.8 Å². The monoisotopic (exact) mass is 483 g/mol. The van der Waals surface area contributed by atoms with E-state index in [4.69, 9.17) is 11.6 Å². The second-order valence-electron chi connectivity index (χ2n) is 7.01. The molecule has 1 aliphatic rings. The Morgan fingerprint density at radius 1 is 1.16 bits per heavy atom. The van der Waals surface area contributed by atoms with Crippen molar-refractivity contribution in [3.63, 3.8) is 0 Å². The summed E-state index contributed by atoms with van der Waals surface area (Å²) >= 11 is 7.69. The van der Waals surface area contributed by atoms with Crippen molar-refractivity contribution < 1.29 is 18.1 Å². The molecule has 1 heterocycles. The van der Waals surface area contributed by atoms with Crippen LogP contribution in [0.1, 0.15) is 17.7 Å². The van der Waals surface area contributed by atoms with Gasteiger partial charge >= 0.3 is 0 Å². The lowest BCUT2D eigenvalue weighted by Gasteiger charge is -2.34. The Morgan fingerprint density at radius 3 is 2.48 bits per heavy atom. The quantitative estimate of drug-likeness (QED) is 0.440. The predicted octanol–water partition coefficient (Wildman–Crippen LogP) is 3.58. The van der Waals surface area contributed by atoms with Crippen molar-refractivity contribution in [1.82, 2.24) is 9.21 Å². The van der Waals surface area contributed by atoms with Crippen molar-refractivity contribution in [1.29, 1.82) is 0 Å². The average Bonchev–Trinajstić information content (AvgIpc) is 2.77. The van der Waals surface area contributed by atoms with Gasteiger partial charge in [-0.3, -0.25) is 14.9 Å². The number of hydrogen-bond acceptors (Lipinski definition) is 6. The van der Waals surface area contributed by atoms with Gasteiger partial charge in [-0.2, -0.15) is 4.31 Å². The maximum absolute atomic E-state index is 12.8. The molecule has 0 radical (unpaired) electrons. The molecule has 1 saturated heterocycles. The minimum Gasteiger partial charge on any atom is -0.339 e. The fourth-order valence-electron chi connectivity index (χ4n) is 3.27. The third-order valence-corrected chi connectivity index (χ3v) is 8.46. The highest BCUT2D eigenvalue weighted by atomic mass is 35.5. The third-order valence-electron chi connectivity index (χ3n) is 5.06. The van der Waals surface area contributed by atoms with Gasteiger partial charge in [0.25, 0.3) is 5.69 Å². The Kier molecular flexibility index (Phi) is 7.58. The van der Waals surface area contributed by atoms with E-state index in [-0.39, 0.29) is 53.7 Å². The van der Waals surface area contributed by atoms with E-state index in [0.29, 0.717) is 5.02 Å².